The number of hydrogen-bond donors (Lipinski definition) is 1. The molecule has 2 aromatic rings. The van der Waals surface area contributed by atoms with Crippen LogP contribution in [0.15, 0.2) is 48.5 Å². The summed E-state index contributed by atoms with van der Waals surface area (Å²) in [5.74, 6) is 0.0604. The van der Waals surface area contributed by atoms with Crippen molar-refractivity contribution in [3.05, 3.63) is 59.7 Å². The number of aryl methyl sites for hydroxylation is 1. The van der Waals surface area contributed by atoms with Crippen molar-refractivity contribution in [1.29, 1.82) is 0 Å². The number of para-hydroxylation sites is 2. The lowest BCUT2D eigenvalue weighted by molar-refractivity contribution is -0.140. The van der Waals surface area contributed by atoms with Crippen LogP contribution in [0.5, 0.6) is 5.75 Å². The lowest BCUT2D eigenvalue weighted by atomic mass is 10.1. The molecule has 1 atom stereocenters. The largest absolute Gasteiger partial charge is 0.492 e. The molecule has 2 rings (SSSR count). The zero-order valence-electron chi connectivity index (χ0n) is 22.0. The predicted octanol–water partition coefficient (Wildman–Crippen LogP) is 3.88. The molecule has 0 aliphatic heterocycles. The summed E-state index contributed by atoms with van der Waals surface area (Å²) in [7, 11) is -3.61. The monoisotopic (exact) mass is 517 g/mol. The van der Waals surface area contributed by atoms with Crippen molar-refractivity contribution < 1.29 is 22.7 Å². The van der Waals surface area contributed by atoms with Gasteiger partial charge in [0.05, 0.1) is 18.6 Å². The standard InChI is InChI=1S/C27H39N3O5S/c1-6-18-28-27(32)22(4)29(20-23-14-9-8-13-21(23)3)26(31)17-12-19-30(36(5,33)34)24-15-10-11-16-25(24)35-7-2/h8-11,13-16,22H,6-7,12,17-20H2,1-5H3,(H,28,32)/t22-/m1/s1. The molecule has 2 aromatic carbocycles. The zero-order valence-corrected chi connectivity index (χ0v) is 22.8. The zero-order chi connectivity index (χ0) is 26.7. The number of amides is 2. The van der Waals surface area contributed by atoms with Crippen LogP contribution in [0, 0.1) is 6.92 Å². The Labute approximate surface area is 215 Å². The van der Waals surface area contributed by atoms with Gasteiger partial charge in [-0.05, 0) is 56.9 Å². The third kappa shape index (κ3) is 8.26. The Morgan fingerprint density at radius 3 is 2.36 bits per heavy atom. The fourth-order valence-corrected chi connectivity index (χ4v) is 4.84. The number of sulfonamides is 1. The van der Waals surface area contributed by atoms with E-state index < -0.39 is 16.1 Å². The van der Waals surface area contributed by atoms with E-state index in [1.165, 1.54) is 4.31 Å². The van der Waals surface area contributed by atoms with Gasteiger partial charge in [0.25, 0.3) is 0 Å². The van der Waals surface area contributed by atoms with Crippen LogP contribution in [-0.4, -0.2) is 57.1 Å². The third-order valence-electron chi connectivity index (χ3n) is 5.90. The van der Waals surface area contributed by atoms with Crippen molar-refractivity contribution in [3.8, 4) is 5.75 Å². The van der Waals surface area contributed by atoms with E-state index in [-0.39, 0.29) is 24.8 Å². The van der Waals surface area contributed by atoms with E-state index in [4.69, 9.17) is 4.74 Å². The molecule has 0 aromatic heterocycles. The van der Waals surface area contributed by atoms with Crippen LogP contribution in [-0.2, 0) is 26.2 Å². The van der Waals surface area contributed by atoms with E-state index in [9.17, 15) is 18.0 Å². The second kappa shape index (κ2) is 13.9. The maximum absolute atomic E-state index is 13.4. The molecule has 0 bridgehead atoms. The maximum atomic E-state index is 13.4. The number of benzene rings is 2. The van der Waals surface area contributed by atoms with Gasteiger partial charge in [-0.1, -0.05) is 43.3 Å². The summed E-state index contributed by atoms with van der Waals surface area (Å²) in [6.45, 7) is 8.86. The fraction of sp³-hybridized carbons (Fsp3) is 0.481. The van der Waals surface area contributed by atoms with Gasteiger partial charge >= 0.3 is 0 Å². The van der Waals surface area contributed by atoms with Crippen molar-refractivity contribution in [2.24, 2.45) is 0 Å². The van der Waals surface area contributed by atoms with Gasteiger partial charge in [0.15, 0.2) is 0 Å². The maximum Gasteiger partial charge on any atom is 0.242 e. The first-order chi connectivity index (χ1) is 17.1. The Hall–Kier alpha value is -3.07. The van der Waals surface area contributed by atoms with Crippen LogP contribution in [0.25, 0.3) is 0 Å². The van der Waals surface area contributed by atoms with Crippen LogP contribution < -0.4 is 14.4 Å². The average Bonchev–Trinajstić information content (AvgIpc) is 2.84. The van der Waals surface area contributed by atoms with Gasteiger partial charge in [-0.25, -0.2) is 8.42 Å². The number of nitrogens with one attached hydrogen (secondary N) is 1. The molecule has 1 N–H and O–H groups in total. The molecule has 0 fully saturated rings. The second-order valence-corrected chi connectivity index (χ2v) is 10.7. The SMILES string of the molecule is CCCNC(=O)[C@@H](C)N(Cc1ccccc1C)C(=O)CCCN(c1ccccc1OCC)S(C)(=O)=O. The van der Waals surface area contributed by atoms with Gasteiger partial charge in [-0.2, -0.15) is 0 Å². The normalized spacial score (nSPS) is 12.0. The highest BCUT2D eigenvalue weighted by Gasteiger charge is 2.27. The van der Waals surface area contributed by atoms with Crippen molar-refractivity contribution >= 4 is 27.5 Å². The van der Waals surface area contributed by atoms with Crippen molar-refractivity contribution in [2.75, 3.05) is 30.3 Å². The van der Waals surface area contributed by atoms with E-state index in [2.05, 4.69) is 5.32 Å². The lowest BCUT2D eigenvalue weighted by Gasteiger charge is -2.30. The van der Waals surface area contributed by atoms with Gasteiger partial charge in [0, 0.05) is 26.1 Å². The number of hydrogen-bond acceptors (Lipinski definition) is 5. The van der Waals surface area contributed by atoms with Gasteiger partial charge in [-0.3, -0.25) is 13.9 Å². The third-order valence-corrected chi connectivity index (χ3v) is 7.08. The minimum absolute atomic E-state index is 0.0973. The van der Waals surface area contributed by atoms with E-state index in [1.807, 2.05) is 45.0 Å². The van der Waals surface area contributed by atoms with Gasteiger partial charge in [0.2, 0.25) is 21.8 Å². The summed E-state index contributed by atoms with van der Waals surface area (Å²) in [6.07, 6.45) is 2.33. The molecule has 2 amide bonds. The van der Waals surface area contributed by atoms with Crippen LogP contribution in [0.4, 0.5) is 5.69 Å². The number of ether oxygens (including phenoxy) is 1. The molecule has 0 saturated heterocycles. The first-order valence-electron chi connectivity index (χ1n) is 12.4. The topological polar surface area (TPSA) is 96.0 Å². The molecule has 0 aliphatic rings. The fourth-order valence-electron chi connectivity index (χ4n) is 3.87. The summed E-state index contributed by atoms with van der Waals surface area (Å²) in [5.41, 5.74) is 2.44. The summed E-state index contributed by atoms with van der Waals surface area (Å²) in [5, 5.41) is 2.87. The molecule has 36 heavy (non-hydrogen) atoms. The quantitative estimate of drug-likeness (QED) is 0.410. The summed E-state index contributed by atoms with van der Waals surface area (Å²) < 4.78 is 32.1. The number of rotatable bonds is 14. The van der Waals surface area contributed by atoms with Gasteiger partial charge in [0.1, 0.15) is 11.8 Å². The van der Waals surface area contributed by atoms with Crippen LogP contribution in [0.3, 0.4) is 0 Å². The number of anilines is 1. The smallest absolute Gasteiger partial charge is 0.242 e. The van der Waals surface area contributed by atoms with Crippen molar-refractivity contribution in [3.63, 3.8) is 0 Å². The van der Waals surface area contributed by atoms with Gasteiger partial charge < -0.3 is 15.0 Å². The molecule has 9 heteroatoms. The lowest BCUT2D eigenvalue weighted by Crippen LogP contribution is -2.48. The molecule has 0 heterocycles. The Bertz CT molecular complexity index is 1120. The molecule has 0 unspecified atom stereocenters. The van der Waals surface area contributed by atoms with E-state index in [0.29, 0.717) is 37.6 Å². The summed E-state index contributed by atoms with van der Waals surface area (Å²) >= 11 is 0. The molecular formula is C27H39N3O5S. The average molecular weight is 518 g/mol. The Balaban J connectivity index is 2.20. The molecule has 0 aliphatic carbocycles. The highest BCUT2D eigenvalue weighted by molar-refractivity contribution is 7.92. The van der Waals surface area contributed by atoms with Crippen molar-refractivity contribution in [1.82, 2.24) is 10.2 Å². The Kier molecular flexibility index (Phi) is 11.2. The second-order valence-electron chi connectivity index (χ2n) is 8.75. The minimum Gasteiger partial charge on any atom is -0.492 e. The highest BCUT2D eigenvalue weighted by Crippen LogP contribution is 2.30. The Morgan fingerprint density at radius 1 is 1.06 bits per heavy atom. The van der Waals surface area contributed by atoms with E-state index in [0.717, 1.165) is 23.8 Å². The number of carbonyl (C=O) groups is 2. The molecule has 0 radical (unpaired) electrons. The van der Waals surface area contributed by atoms with Crippen molar-refractivity contribution in [2.45, 2.75) is 59.5 Å². The molecule has 8 nitrogen and oxygen atoms in total. The Morgan fingerprint density at radius 2 is 1.72 bits per heavy atom. The number of carbonyl (C=O) groups excluding carboxylic acids is 2. The van der Waals surface area contributed by atoms with Crippen LogP contribution in [0.1, 0.15) is 51.2 Å². The molecule has 0 saturated carbocycles. The predicted molar refractivity (Wildman–Crippen MR) is 144 cm³/mol. The van der Waals surface area contributed by atoms with Crippen LogP contribution in [0.2, 0.25) is 0 Å². The first kappa shape index (κ1) is 29.2. The molecule has 198 valence electrons. The van der Waals surface area contributed by atoms with Crippen LogP contribution >= 0.6 is 0 Å². The van der Waals surface area contributed by atoms with E-state index >= 15 is 0 Å². The highest BCUT2D eigenvalue weighted by atomic mass is 32.2. The van der Waals surface area contributed by atoms with Gasteiger partial charge in [-0.15, -0.1) is 0 Å². The summed E-state index contributed by atoms with van der Waals surface area (Å²) in [6, 6.07) is 14.1. The molecule has 0 spiro atoms. The molecular weight excluding hydrogens is 478 g/mol. The number of nitrogens with zero attached hydrogens (tertiary/aromatic N) is 2. The van der Waals surface area contributed by atoms with E-state index in [1.54, 1.807) is 36.1 Å². The summed E-state index contributed by atoms with van der Waals surface area (Å²) in [4.78, 5) is 27.7. The first-order valence-corrected chi connectivity index (χ1v) is 14.3. The minimum atomic E-state index is -3.61.